The van der Waals surface area contributed by atoms with Crippen LogP contribution in [-0.4, -0.2) is 18.9 Å². The van der Waals surface area contributed by atoms with Gasteiger partial charge in [-0.25, -0.2) is 0 Å². The minimum atomic E-state index is 0. The summed E-state index contributed by atoms with van der Waals surface area (Å²) in [6, 6.07) is 18.1. The maximum atomic E-state index is 12.0. The van der Waals surface area contributed by atoms with Crippen LogP contribution < -0.4 is 16.0 Å². The highest BCUT2D eigenvalue weighted by Gasteiger charge is 2.10. The molecule has 0 fully saturated rings. The number of carbonyl (C=O) groups excluding carboxylic acids is 1. The third-order valence-electron chi connectivity index (χ3n) is 4.24. The third-order valence-corrected chi connectivity index (χ3v) is 4.24. The van der Waals surface area contributed by atoms with Gasteiger partial charge >= 0.3 is 0 Å². The molecule has 6 heteroatoms. The summed E-state index contributed by atoms with van der Waals surface area (Å²) in [5, 5.41) is 9.56. The summed E-state index contributed by atoms with van der Waals surface area (Å²) in [6.45, 7) is 5.29. The molecule has 2 aromatic carbocycles. The van der Waals surface area contributed by atoms with Crippen molar-refractivity contribution in [2.75, 3.05) is 12.4 Å². The van der Waals surface area contributed by atoms with Crippen molar-refractivity contribution >= 4 is 41.5 Å². The second-order valence-electron chi connectivity index (χ2n) is 6.26. The highest BCUT2D eigenvalue weighted by Crippen LogP contribution is 2.13. The van der Waals surface area contributed by atoms with Gasteiger partial charge < -0.3 is 16.0 Å². The fraction of sp³-hybridized carbons (Fsp3) is 0.333. The Kier molecular flexibility index (Phi) is 10.5. The standard InChI is InChI=1S/C21H28N4O.HI/c1-4-16(2)20(26)25-19-12-8-11-18(13-19)15-24-21(22-3)23-14-17-9-6-5-7-10-17;/h5-13,16H,4,14-15H2,1-3H3,(H,25,26)(H2,22,23,24);1H. The fourth-order valence-electron chi connectivity index (χ4n) is 2.40. The number of hydrogen-bond donors (Lipinski definition) is 3. The number of guanidine groups is 1. The summed E-state index contributed by atoms with van der Waals surface area (Å²) >= 11 is 0. The molecule has 0 saturated heterocycles. The summed E-state index contributed by atoms with van der Waals surface area (Å²) in [5.74, 6) is 0.804. The largest absolute Gasteiger partial charge is 0.352 e. The van der Waals surface area contributed by atoms with Gasteiger partial charge in [-0.15, -0.1) is 24.0 Å². The van der Waals surface area contributed by atoms with Gasteiger partial charge in [-0.1, -0.05) is 56.3 Å². The van der Waals surface area contributed by atoms with Gasteiger partial charge in [0.25, 0.3) is 0 Å². The van der Waals surface area contributed by atoms with E-state index in [1.165, 1.54) is 5.56 Å². The van der Waals surface area contributed by atoms with E-state index in [1.54, 1.807) is 7.05 Å². The molecule has 1 unspecified atom stereocenters. The molecule has 1 amide bonds. The lowest BCUT2D eigenvalue weighted by Crippen LogP contribution is -2.36. The fourth-order valence-corrected chi connectivity index (χ4v) is 2.40. The SMILES string of the molecule is CCC(C)C(=O)Nc1cccc(CNC(=NC)NCc2ccccc2)c1.I. The zero-order valence-electron chi connectivity index (χ0n) is 16.2. The Bertz CT molecular complexity index is 734. The summed E-state index contributed by atoms with van der Waals surface area (Å²) < 4.78 is 0. The zero-order valence-corrected chi connectivity index (χ0v) is 18.5. The lowest BCUT2D eigenvalue weighted by molar-refractivity contribution is -0.119. The summed E-state index contributed by atoms with van der Waals surface area (Å²) in [5.41, 5.74) is 3.10. The minimum Gasteiger partial charge on any atom is -0.352 e. The predicted molar refractivity (Wildman–Crippen MR) is 123 cm³/mol. The number of amides is 1. The lowest BCUT2D eigenvalue weighted by Gasteiger charge is -2.14. The molecule has 0 radical (unpaired) electrons. The summed E-state index contributed by atoms with van der Waals surface area (Å²) in [6.07, 6.45) is 0.830. The van der Waals surface area contributed by atoms with Crippen LogP contribution in [0, 0.1) is 5.92 Å². The van der Waals surface area contributed by atoms with Crippen molar-refractivity contribution in [3.05, 3.63) is 65.7 Å². The second-order valence-corrected chi connectivity index (χ2v) is 6.26. The number of carbonyl (C=O) groups is 1. The molecule has 3 N–H and O–H groups in total. The molecule has 27 heavy (non-hydrogen) atoms. The van der Waals surface area contributed by atoms with Gasteiger partial charge in [0, 0.05) is 31.7 Å². The van der Waals surface area contributed by atoms with Crippen LogP contribution in [0.4, 0.5) is 5.69 Å². The van der Waals surface area contributed by atoms with E-state index in [0.717, 1.165) is 23.6 Å². The van der Waals surface area contributed by atoms with Crippen LogP contribution in [0.2, 0.25) is 0 Å². The van der Waals surface area contributed by atoms with Crippen molar-refractivity contribution in [1.29, 1.82) is 0 Å². The molecule has 0 saturated carbocycles. The van der Waals surface area contributed by atoms with Gasteiger partial charge in [-0.2, -0.15) is 0 Å². The average Bonchev–Trinajstić information content (AvgIpc) is 2.68. The lowest BCUT2D eigenvalue weighted by atomic mass is 10.1. The predicted octanol–water partition coefficient (Wildman–Crippen LogP) is 4.15. The molecule has 0 aromatic heterocycles. The molecule has 5 nitrogen and oxygen atoms in total. The van der Waals surface area contributed by atoms with Crippen LogP contribution in [-0.2, 0) is 17.9 Å². The number of anilines is 1. The molecule has 2 rings (SSSR count). The minimum absolute atomic E-state index is 0. The zero-order chi connectivity index (χ0) is 18.8. The van der Waals surface area contributed by atoms with E-state index in [2.05, 4.69) is 33.1 Å². The molecule has 2 aromatic rings. The summed E-state index contributed by atoms with van der Waals surface area (Å²) in [7, 11) is 1.75. The molecule has 1 atom stereocenters. The van der Waals surface area contributed by atoms with Crippen molar-refractivity contribution in [2.24, 2.45) is 10.9 Å². The van der Waals surface area contributed by atoms with Gasteiger partial charge in [0.2, 0.25) is 5.91 Å². The van der Waals surface area contributed by atoms with E-state index in [1.807, 2.05) is 56.3 Å². The molecule has 146 valence electrons. The number of nitrogens with zero attached hydrogens (tertiary/aromatic N) is 1. The number of rotatable bonds is 7. The van der Waals surface area contributed by atoms with E-state index in [9.17, 15) is 4.79 Å². The van der Waals surface area contributed by atoms with Crippen molar-refractivity contribution < 1.29 is 4.79 Å². The first-order valence-corrected chi connectivity index (χ1v) is 9.00. The van der Waals surface area contributed by atoms with Crippen molar-refractivity contribution in [1.82, 2.24) is 10.6 Å². The monoisotopic (exact) mass is 480 g/mol. The highest BCUT2D eigenvalue weighted by atomic mass is 127. The Hall–Kier alpha value is -2.09. The van der Waals surface area contributed by atoms with Crippen LogP contribution >= 0.6 is 24.0 Å². The Morgan fingerprint density at radius 1 is 1.00 bits per heavy atom. The van der Waals surface area contributed by atoms with Gasteiger partial charge in [0.1, 0.15) is 0 Å². The van der Waals surface area contributed by atoms with Crippen LogP contribution in [0.25, 0.3) is 0 Å². The topological polar surface area (TPSA) is 65.5 Å². The van der Waals surface area contributed by atoms with E-state index in [0.29, 0.717) is 13.1 Å². The number of benzene rings is 2. The van der Waals surface area contributed by atoms with Gasteiger partial charge in [0.15, 0.2) is 5.96 Å². The Morgan fingerprint density at radius 3 is 2.26 bits per heavy atom. The number of nitrogens with one attached hydrogen (secondary N) is 3. The quantitative estimate of drug-likeness (QED) is 0.317. The smallest absolute Gasteiger partial charge is 0.227 e. The van der Waals surface area contributed by atoms with E-state index in [4.69, 9.17) is 0 Å². The highest BCUT2D eigenvalue weighted by molar-refractivity contribution is 14.0. The number of halogens is 1. The Labute approximate surface area is 179 Å². The Morgan fingerprint density at radius 2 is 1.63 bits per heavy atom. The normalized spacial score (nSPS) is 11.9. The molecular formula is C21H29IN4O. The van der Waals surface area contributed by atoms with Crippen LogP contribution in [0.1, 0.15) is 31.4 Å². The molecule has 0 bridgehead atoms. The molecule has 0 aliphatic heterocycles. The van der Waals surface area contributed by atoms with E-state index < -0.39 is 0 Å². The van der Waals surface area contributed by atoms with Crippen LogP contribution in [0.5, 0.6) is 0 Å². The third kappa shape index (κ3) is 7.99. The maximum absolute atomic E-state index is 12.0. The van der Waals surface area contributed by atoms with Gasteiger partial charge in [-0.05, 0) is 29.7 Å². The van der Waals surface area contributed by atoms with Crippen molar-refractivity contribution in [3.63, 3.8) is 0 Å². The summed E-state index contributed by atoms with van der Waals surface area (Å²) in [4.78, 5) is 16.3. The van der Waals surface area contributed by atoms with E-state index >= 15 is 0 Å². The van der Waals surface area contributed by atoms with Crippen molar-refractivity contribution in [3.8, 4) is 0 Å². The maximum Gasteiger partial charge on any atom is 0.227 e. The Balaban J connectivity index is 0.00000364. The van der Waals surface area contributed by atoms with Crippen LogP contribution in [0.15, 0.2) is 59.6 Å². The molecule has 0 spiro atoms. The second kappa shape index (κ2) is 12.3. The van der Waals surface area contributed by atoms with E-state index in [-0.39, 0.29) is 35.8 Å². The molecule has 0 aliphatic rings. The average molecular weight is 480 g/mol. The van der Waals surface area contributed by atoms with Gasteiger partial charge in [-0.3, -0.25) is 9.79 Å². The van der Waals surface area contributed by atoms with Gasteiger partial charge in [0.05, 0.1) is 0 Å². The van der Waals surface area contributed by atoms with Crippen molar-refractivity contribution in [2.45, 2.75) is 33.4 Å². The first kappa shape index (κ1) is 23.0. The molecular weight excluding hydrogens is 451 g/mol. The number of hydrogen-bond acceptors (Lipinski definition) is 2. The van der Waals surface area contributed by atoms with Crippen LogP contribution in [0.3, 0.4) is 0 Å². The molecule has 0 aliphatic carbocycles. The first-order chi connectivity index (χ1) is 12.6. The number of aliphatic imine (C=N–C) groups is 1. The first-order valence-electron chi connectivity index (χ1n) is 9.00. The molecule has 0 heterocycles.